The first-order chi connectivity index (χ1) is 14.0. The van der Waals surface area contributed by atoms with E-state index in [-0.39, 0.29) is 11.8 Å². The third-order valence-electron chi connectivity index (χ3n) is 5.69. The minimum absolute atomic E-state index is 0.199. The molecule has 0 unspecified atom stereocenters. The average molecular weight is 391 g/mol. The summed E-state index contributed by atoms with van der Waals surface area (Å²) in [7, 11) is 0. The summed E-state index contributed by atoms with van der Waals surface area (Å²) in [5.74, 6) is 0.291. The van der Waals surface area contributed by atoms with Crippen molar-refractivity contribution in [3.8, 4) is 0 Å². The molecule has 1 saturated heterocycles. The van der Waals surface area contributed by atoms with Gasteiger partial charge >= 0.3 is 0 Å². The zero-order valence-electron chi connectivity index (χ0n) is 17.1. The van der Waals surface area contributed by atoms with Crippen LogP contribution in [0.4, 0.5) is 5.95 Å². The first kappa shape index (κ1) is 19.1. The smallest absolute Gasteiger partial charge is 0.277 e. The highest BCUT2D eigenvalue weighted by Crippen LogP contribution is 2.33. The molecule has 1 aromatic heterocycles. The summed E-state index contributed by atoms with van der Waals surface area (Å²) in [5, 5.41) is 0. The average Bonchev–Trinajstić information content (AvgIpc) is 3.00. The maximum absolute atomic E-state index is 13.1. The van der Waals surface area contributed by atoms with Crippen LogP contribution in [-0.2, 0) is 9.59 Å². The van der Waals surface area contributed by atoms with Crippen LogP contribution in [0.25, 0.3) is 5.57 Å². The third kappa shape index (κ3) is 3.37. The molecular weight excluding hydrogens is 366 g/mol. The van der Waals surface area contributed by atoms with Crippen molar-refractivity contribution in [2.24, 2.45) is 0 Å². The van der Waals surface area contributed by atoms with Crippen LogP contribution in [-0.4, -0.2) is 64.3 Å². The normalized spacial score (nSPS) is 17.6. The van der Waals surface area contributed by atoms with Crippen LogP contribution in [0.2, 0.25) is 0 Å². The Morgan fingerprint density at radius 1 is 0.897 bits per heavy atom. The van der Waals surface area contributed by atoms with Gasteiger partial charge in [-0.3, -0.25) is 14.5 Å². The van der Waals surface area contributed by atoms with Crippen molar-refractivity contribution >= 4 is 23.3 Å². The predicted octanol–water partition coefficient (Wildman–Crippen LogP) is 2.02. The van der Waals surface area contributed by atoms with Gasteiger partial charge in [0.2, 0.25) is 5.95 Å². The largest absolute Gasteiger partial charge is 0.363 e. The van der Waals surface area contributed by atoms with Crippen molar-refractivity contribution < 1.29 is 9.59 Å². The number of aromatic nitrogens is 2. The van der Waals surface area contributed by atoms with E-state index < -0.39 is 0 Å². The topological polar surface area (TPSA) is 69.6 Å². The lowest BCUT2D eigenvalue weighted by Crippen LogP contribution is -2.48. The van der Waals surface area contributed by atoms with Crippen molar-refractivity contribution in [2.45, 2.75) is 20.8 Å². The Balaban J connectivity index is 1.66. The molecule has 0 atom stereocenters. The van der Waals surface area contributed by atoms with Crippen molar-refractivity contribution in [1.29, 1.82) is 0 Å². The molecule has 0 aliphatic carbocycles. The van der Waals surface area contributed by atoms with Crippen LogP contribution in [0.5, 0.6) is 0 Å². The quantitative estimate of drug-likeness (QED) is 0.743. The number of carbonyl (C=O) groups is 2. The molecule has 0 bridgehead atoms. The maximum atomic E-state index is 13.1. The van der Waals surface area contributed by atoms with Crippen LogP contribution < -0.4 is 4.90 Å². The van der Waals surface area contributed by atoms with E-state index in [0.29, 0.717) is 49.9 Å². The number of likely N-dealkylation sites (N-methyl/N-ethyl adjacent to an activating group) is 1. The molecular formula is C22H25N5O2. The fourth-order valence-corrected chi connectivity index (χ4v) is 3.89. The lowest BCUT2D eigenvalue weighted by Gasteiger charge is -2.36. The number of rotatable bonds is 4. The molecule has 3 heterocycles. The second-order valence-corrected chi connectivity index (χ2v) is 7.40. The van der Waals surface area contributed by atoms with Gasteiger partial charge in [0.05, 0.1) is 5.57 Å². The number of aryl methyl sites for hydroxylation is 2. The summed E-state index contributed by atoms with van der Waals surface area (Å²) in [6, 6.07) is 7.74. The Bertz CT molecular complexity index is 978. The van der Waals surface area contributed by atoms with Gasteiger partial charge in [0, 0.05) is 45.1 Å². The number of piperazine rings is 1. The molecule has 4 rings (SSSR count). The number of hydrogen-bond acceptors (Lipinski definition) is 6. The highest BCUT2D eigenvalue weighted by atomic mass is 16.2. The Kier molecular flexibility index (Phi) is 5.05. The highest BCUT2D eigenvalue weighted by molar-refractivity contribution is 6.35. The number of anilines is 1. The molecule has 2 aliphatic heterocycles. The molecule has 2 aromatic rings. The monoisotopic (exact) mass is 391 g/mol. The Morgan fingerprint density at radius 2 is 1.55 bits per heavy atom. The van der Waals surface area contributed by atoms with Crippen molar-refractivity contribution in [2.75, 3.05) is 37.6 Å². The first-order valence-corrected chi connectivity index (χ1v) is 9.96. The molecule has 7 heteroatoms. The Labute approximate surface area is 170 Å². The number of imide groups is 1. The maximum Gasteiger partial charge on any atom is 0.277 e. The molecule has 1 fully saturated rings. The van der Waals surface area contributed by atoms with Gasteiger partial charge in [0.25, 0.3) is 11.8 Å². The summed E-state index contributed by atoms with van der Waals surface area (Å²) >= 11 is 0. The second kappa shape index (κ2) is 7.66. The molecule has 2 aliphatic rings. The van der Waals surface area contributed by atoms with E-state index in [1.54, 1.807) is 18.5 Å². The van der Waals surface area contributed by atoms with Gasteiger partial charge in [-0.2, -0.15) is 0 Å². The van der Waals surface area contributed by atoms with Crippen molar-refractivity contribution in [3.05, 3.63) is 59.0 Å². The van der Waals surface area contributed by atoms with E-state index >= 15 is 0 Å². The van der Waals surface area contributed by atoms with E-state index in [4.69, 9.17) is 0 Å². The lowest BCUT2D eigenvalue weighted by atomic mass is 9.99. The van der Waals surface area contributed by atoms with Gasteiger partial charge in [-0.1, -0.05) is 18.2 Å². The van der Waals surface area contributed by atoms with E-state index in [0.717, 1.165) is 16.7 Å². The van der Waals surface area contributed by atoms with Gasteiger partial charge in [-0.25, -0.2) is 9.97 Å². The molecule has 0 radical (unpaired) electrons. The molecule has 1 aromatic carbocycles. The van der Waals surface area contributed by atoms with Gasteiger partial charge in [-0.05, 0) is 43.5 Å². The minimum atomic E-state index is -0.204. The number of carbonyl (C=O) groups excluding carboxylic acids is 2. The van der Waals surface area contributed by atoms with Gasteiger partial charge < -0.3 is 9.80 Å². The second-order valence-electron chi connectivity index (χ2n) is 7.40. The summed E-state index contributed by atoms with van der Waals surface area (Å²) < 4.78 is 0. The molecule has 2 amide bonds. The SMILES string of the molecule is CCN1C(=O)C(c2ccc(C)c(C)c2)=C(N2CCN(c3ncccn3)CC2)C1=O. The molecule has 7 nitrogen and oxygen atoms in total. The third-order valence-corrected chi connectivity index (χ3v) is 5.69. The van der Waals surface area contributed by atoms with E-state index in [1.165, 1.54) is 4.90 Å². The summed E-state index contributed by atoms with van der Waals surface area (Å²) in [6.45, 7) is 8.93. The molecule has 0 saturated carbocycles. The molecule has 150 valence electrons. The van der Waals surface area contributed by atoms with E-state index in [9.17, 15) is 9.59 Å². The molecule has 29 heavy (non-hydrogen) atoms. The standard InChI is InChI=1S/C22H25N5O2/c1-4-27-20(28)18(17-7-6-15(2)16(3)14-17)19(21(27)29)25-10-12-26(13-11-25)22-23-8-5-9-24-22/h5-9,14H,4,10-13H2,1-3H3. The van der Waals surface area contributed by atoms with Gasteiger partial charge in [-0.15, -0.1) is 0 Å². The van der Waals surface area contributed by atoms with Crippen LogP contribution >= 0.6 is 0 Å². The fraction of sp³-hybridized carbons (Fsp3) is 0.364. The summed E-state index contributed by atoms with van der Waals surface area (Å²) in [6.07, 6.45) is 3.46. The van der Waals surface area contributed by atoms with Crippen LogP contribution in [0.15, 0.2) is 42.4 Å². The lowest BCUT2D eigenvalue weighted by molar-refractivity contribution is -0.137. The molecule has 0 spiro atoms. The fourth-order valence-electron chi connectivity index (χ4n) is 3.89. The first-order valence-electron chi connectivity index (χ1n) is 9.96. The zero-order valence-corrected chi connectivity index (χ0v) is 17.1. The summed E-state index contributed by atoms with van der Waals surface area (Å²) in [5.41, 5.74) is 4.12. The minimum Gasteiger partial charge on any atom is -0.363 e. The molecule has 0 N–H and O–H groups in total. The predicted molar refractivity (Wildman–Crippen MR) is 111 cm³/mol. The van der Waals surface area contributed by atoms with Crippen LogP contribution in [0.1, 0.15) is 23.6 Å². The van der Waals surface area contributed by atoms with E-state index in [2.05, 4.69) is 14.9 Å². The number of benzene rings is 1. The van der Waals surface area contributed by atoms with Crippen LogP contribution in [0, 0.1) is 13.8 Å². The van der Waals surface area contributed by atoms with Crippen molar-refractivity contribution in [3.63, 3.8) is 0 Å². The highest BCUT2D eigenvalue weighted by Gasteiger charge is 2.41. The Morgan fingerprint density at radius 3 is 2.17 bits per heavy atom. The van der Waals surface area contributed by atoms with Gasteiger partial charge in [0.15, 0.2) is 0 Å². The van der Waals surface area contributed by atoms with Gasteiger partial charge in [0.1, 0.15) is 5.70 Å². The summed E-state index contributed by atoms with van der Waals surface area (Å²) in [4.78, 5) is 40.3. The number of amides is 2. The van der Waals surface area contributed by atoms with E-state index in [1.807, 2.05) is 43.9 Å². The Hall–Kier alpha value is -3.22. The number of nitrogens with zero attached hydrogens (tertiary/aromatic N) is 5. The van der Waals surface area contributed by atoms with Crippen molar-refractivity contribution in [1.82, 2.24) is 19.8 Å². The van der Waals surface area contributed by atoms with Crippen LogP contribution in [0.3, 0.4) is 0 Å². The number of hydrogen-bond donors (Lipinski definition) is 0. The zero-order chi connectivity index (χ0) is 20.5.